The third-order valence-corrected chi connectivity index (χ3v) is 3.09. The van der Waals surface area contributed by atoms with Crippen LogP contribution in [-0.2, 0) is 13.2 Å². The molecule has 0 aliphatic carbocycles. The Morgan fingerprint density at radius 3 is 2.65 bits per heavy atom. The fourth-order valence-electron chi connectivity index (χ4n) is 1.87. The summed E-state index contributed by atoms with van der Waals surface area (Å²) in [6.07, 6.45) is 0. The van der Waals surface area contributed by atoms with Crippen molar-refractivity contribution in [2.75, 3.05) is 0 Å². The quantitative estimate of drug-likeness (QED) is 0.929. The van der Waals surface area contributed by atoms with E-state index in [0.29, 0.717) is 12.1 Å². The molecule has 0 aromatic heterocycles. The summed E-state index contributed by atoms with van der Waals surface area (Å²) in [4.78, 5) is 0. The van der Waals surface area contributed by atoms with Crippen LogP contribution in [0.1, 0.15) is 22.3 Å². The largest absolute Gasteiger partial charge is 0.486 e. The molecule has 20 heavy (non-hydrogen) atoms. The molecule has 0 saturated heterocycles. The standard InChI is InChI=1S/C16H15FN2O/c1-11-6-12(8-18)2-4-14(11)10-20-16-5-3-13(9-19)7-15(16)17/h2-7H,9-10,19H2,1H3. The third-order valence-electron chi connectivity index (χ3n) is 3.09. The van der Waals surface area contributed by atoms with E-state index in [-0.39, 0.29) is 12.4 Å². The topological polar surface area (TPSA) is 59.0 Å². The number of hydrogen-bond donors (Lipinski definition) is 1. The van der Waals surface area contributed by atoms with E-state index < -0.39 is 5.82 Å². The second kappa shape index (κ2) is 6.18. The monoisotopic (exact) mass is 270 g/mol. The normalized spacial score (nSPS) is 10.1. The van der Waals surface area contributed by atoms with E-state index in [1.54, 1.807) is 24.3 Å². The third kappa shape index (κ3) is 3.14. The van der Waals surface area contributed by atoms with Gasteiger partial charge in [-0.3, -0.25) is 0 Å². The van der Waals surface area contributed by atoms with E-state index >= 15 is 0 Å². The maximum atomic E-state index is 13.7. The van der Waals surface area contributed by atoms with Gasteiger partial charge in [-0.1, -0.05) is 12.1 Å². The van der Waals surface area contributed by atoms with Crippen LogP contribution in [0.5, 0.6) is 5.75 Å². The maximum absolute atomic E-state index is 13.7. The molecule has 0 heterocycles. The molecule has 0 aliphatic heterocycles. The van der Waals surface area contributed by atoms with Crippen LogP contribution < -0.4 is 10.5 Å². The summed E-state index contributed by atoms with van der Waals surface area (Å²) in [5.41, 5.74) is 8.64. The van der Waals surface area contributed by atoms with E-state index in [4.69, 9.17) is 15.7 Å². The van der Waals surface area contributed by atoms with E-state index in [2.05, 4.69) is 6.07 Å². The van der Waals surface area contributed by atoms with Crippen molar-refractivity contribution in [1.29, 1.82) is 5.26 Å². The Hall–Kier alpha value is -2.38. The first-order chi connectivity index (χ1) is 9.63. The molecule has 0 aliphatic rings. The Kier molecular flexibility index (Phi) is 4.34. The number of nitrogens with two attached hydrogens (primary N) is 1. The van der Waals surface area contributed by atoms with Gasteiger partial charge in [0.15, 0.2) is 11.6 Å². The summed E-state index contributed by atoms with van der Waals surface area (Å²) >= 11 is 0. The Balaban J connectivity index is 2.11. The average molecular weight is 270 g/mol. The number of hydrogen-bond acceptors (Lipinski definition) is 3. The van der Waals surface area contributed by atoms with Gasteiger partial charge in [0.1, 0.15) is 6.61 Å². The van der Waals surface area contributed by atoms with Crippen molar-refractivity contribution in [1.82, 2.24) is 0 Å². The van der Waals surface area contributed by atoms with Gasteiger partial charge in [-0.2, -0.15) is 5.26 Å². The highest BCUT2D eigenvalue weighted by Gasteiger charge is 2.06. The molecule has 0 fully saturated rings. The fourth-order valence-corrected chi connectivity index (χ4v) is 1.87. The highest BCUT2D eigenvalue weighted by Crippen LogP contribution is 2.20. The number of nitrogens with zero attached hydrogens (tertiary/aromatic N) is 1. The van der Waals surface area contributed by atoms with Crippen molar-refractivity contribution >= 4 is 0 Å². The van der Waals surface area contributed by atoms with Crippen molar-refractivity contribution in [3.63, 3.8) is 0 Å². The highest BCUT2D eigenvalue weighted by molar-refractivity contribution is 5.37. The second-order valence-electron chi connectivity index (χ2n) is 4.51. The Morgan fingerprint density at radius 2 is 2.05 bits per heavy atom. The Morgan fingerprint density at radius 1 is 1.25 bits per heavy atom. The van der Waals surface area contributed by atoms with Gasteiger partial charge < -0.3 is 10.5 Å². The lowest BCUT2D eigenvalue weighted by Crippen LogP contribution is -2.02. The molecule has 2 aromatic rings. The summed E-state index contributed by atoms with van der Waals surface area (Å²) in [5, 5.41) is 8.81. The van der Waals surface area contributed by atoms with Crippen LogP contribution in [0.3, 0.4) is 0 Å². The zero-order valence-corrected chi connectivity index (χ0v) is 11.2. The summed E-state index contributed by atoms with van der Waals surface area (Å²) in [7, 11) is 0. The number of halogens is 1. The number of ether oxygens (including phenoxy) is 1. The predicted molar refractivity (Wildman–Crippen MR) is 74.5 cm³/mol. The smallest absolute Gasteiger partial charge is 0.165 e. The molecule has 2 aromatic carbocycles. The first-order valence-corrected chi connectivity index (χ1v) is 6.25. The van der Waals surface area contributed by atoms with Gasteiger partial charge in [0.2, 0.25) is 0 Å². The lowest BCUT2D eigenvalue weighted by molar-refractivity contribution is 0.289. The van der Waals surface area contributed by atoms with Gasteiger partial charge in [0.05, 0.1) is 11.6 Å². The minimum Gasteiger partial charge on any atom is -0.486 e. The van der Waals surface area contributed by atoms with Crippen LogP contribution in [0.15, 0.2) is 36.4 Å². The number of benzene rings is 2. The second-order valence-corrected chi connectivity index (χ2v) is 4.51. The van der Waals surface area contributed by atoms with Crippen LogP contribution in [0, 0.1) is 24.1 Å². The van der Waals surface area contributed by atoms with Gasteiger partial charge in [0.25, 0.3) is 0 Å². The van der Waals surface area contributed by atoms with E-state index in [0.717, 1.165) is 16.7 Å². The highest BCUT2D eigenvalue weighted by atomic mass is 19.1. The Bertz CT molecular complexity index is 662. The summed E-state index contributed by atoms with van der Waals surface area (Å²) in [6, 6.07) is 12.1. The molecule has 0 unspecified atom stereocenters. The molecule has 0 atom stereocenters. The van der Waals surface area contributed by atoms with E-state index in [9.17, 15) is 4.39 Å². The maximum Gasteiger partial charge on any atom is 0.165 e. The van der Waals surface area contributed by atoms with Crippen LogP contribution >= 0.6 is 0 Å². The molecule has 0 amide bonds. The van der Waals surface area contributed by atoms with Crippen molar-refractivity contribution in [2.45, 2.75) is 20.1 Å². The molecule has 0 bridgehead atoms. The molecule has 4 heteroatoms. The van der Waals surface area contributed by atoms with Crippen molar-refractivity contribution in [3.8, 4) is 11.8 Å². The molecule has 3 nitrogen and oxygen atoms in total. The minimum atomic E-state index is -0.417. The summed E-state index contributed by atoms with van der Waals surface area (Å²) in [6.45, 7) is 2.45. The fraction of sp³-hybridized carbons (Fsp3) is 0.188. The van der Waals surface area contributed by atoms with Gasteiger partial charge in [0, 0.05) is 6.54 Å². The summed E-state index contributed by atoms with van der Waals surface area (Å²) < 4.78 is 19.2. The SMILES string of the molecule is Cc1cc(C#N)ccc1COc1ccc(CN)cc1F. The molecule has 0 saturated carbocycles. The number of rotatable bonds is 4. The number of nitriles is 1. The predicted octanol–water partition coefficient (Wildman–Crippen LogP) is 3.04. The molecule has 2 rings (SSSR count). The Labute approximate surface area is 117 Å². The average Bonchev–Trinajstić information content (AvgIpc) is 2.46. The zero-order valence-electron chi connectivity index (χ0n) is 11.2. The molecule has 102 valence electrons. The molecular weight excluding hydrogens is 255 g/mol. The minimum absolute atomic E-state index is 0.200. The van der Waals surface area contributed by atoms with Crippen LogP contribution in [0.2, 0.25) is 0 Å². The van der Waals surface area contributed by atoms with Crippen molar-refractivity contribution in [3.05, 3.63) is 64.5 Å². The van der Waals surface area contributed by atoms with E-state index in [1.807, 2.05) is 13.0 Å². The zero-order chi connectivity index (χ0) is 14.5. The van der Waals surface area contributed by atoms with Gasteiger partial charge in [-0.25, -0.2) is 4.39 Å². The molecule has 0 spiro atoms. The van der Waals surface area contributed by atoms with Crippen molar-refractivity contribution < 1.29 is 9.13 Å². The van der Waals surface area contributed by atoms with Gasteiger partial charge in [-0.15, -0.1) is 0 Å². The van der Waals surface area contributed by atoms with Crippen LogP contribution in [0.25, 0.3) is 0 Å². The first kappa shape index (κ1) is 14.0. The van der Waals surface area contributed by atoms with Gasteiger partial charge in [-0.05, 0) is 47.9 Å². The number of aryl methyl sites for hydroxylation is 1. The molecular formula is C16H15FN2O. The first-order valence-electron chi connectivity index (χ1n) is 6.25. The van der Waals surface area contributed by atoms with Gasteiger partial charge >= 0.3 is 0 Å². The lowest BCUT2D eigenvalue weighted by Gasteiger charge is -2.10. The van der Waals surface area contributed by atoms with Crippen LogP contribution in [-0.4, -0.2) is 0 Å². The molecule has 0 radical (unpaired) electrons. The summed E-state index contributed by atoms with van der Waals surface area (Å²) in [5.74, 6) is -0.217. The lowest BCUT2D eigenvalue weighted by atomic mass is 10.1. The van der Waals surface area contributed by atoms with Crippen molar-refractivity contribution in [2.24, 2.45) is 5.73 Å². The van der Waals surface area contributed by atoms with E-state index in [1.165, 1.54) is 6.07 Å². The van der Waals surface area contributed by atoms with Crippen LogP contribution in [0.4, 0.5) is 4.39 Å². The molecule has 2 N–H and O–H groups in total.